The Morgan fingerprint density at radius 2 is 1.00 bits per heavy atom. The molecule has 0 spiro atoms. The van der Waals surface area contributed by atoms with Gasteiger partial charge in [0.25, 0.3) is 0 Å². The molecule has 2 heterocycles. The highest BCUT2D eigenvalue weighted by Crippen LogP contribution is 2.50. The van der Waals surface area contributed by atoms with Crippen molar-refractivity contribution in [3.05, 3.63) is 126 Å². The molecule has 0 saturated carbocycles. The number of rotatable bonds is 4. The standard InChI is InChI=1S/C40H33N5/c1-39(2)24-40(3,4)31-23-29(20-21-30(31)39)37-43-36(26-13-6-5-7-14-26)44-38(45-37)35-34(41-32-16-10-11-17-33(32)42-35)28-19-18-25-12-8-9-15-27(25)22-28/h5-23H,24H2,1-4H3. The molecular weight excluding hydrogens is 550 g/mol. The highest BCUT2D eigenvalue weighted by atomic mass is 15.1. The van der Waals surface area contributed by atoms with Gasteiger partial charge < -0.3 is 0 Å². The number of nitrogens with zero attached hydrogens (tertiary/aromatic N) is 5. The highest BCUT2D eigenvalue weighted by Gasteiger charge is 2.41. The van der Waals surface area contributed by atoms with Crippen LogP contribution in [-0.4, -0.2) is 24.9 Å². The minimum absolute atomic E-state index is 0.0556. The monoisotopic (exact) mass is 583 g/mol. The number of para-hydroxylation sites is 2. The molecule has 7 aromatic rings. The van der Waals surface area contributed by atoms with Crippen LogP contribution in [0.4, 0.5) is 0 Å². The molecule has 1 aliphatic rings. The SMILES string of the molecule is CC1(C)CC(C)(C)c2cc(-c3nc(-c4ccccc4)nc(-c4nc5ccccc5nc4-c4ccc5ccccc5c4)n3)ccc21. The second-order valence-corrected chi connectivity index (χ2v) is 13.3. The molecular formula is C40H33N5. The van der Waals surface area contributed by atoms with Crippen LogP contribution in [0.3, 0.4) is 0 Å². The Balaban J connectivity index is 1.38. The number of hydrogen-bond acceptors (Lipinski definition) is 5. The fourth-order valence-corrected chi connectivity index (χ4v) is 7.15. The lowest BCUT2D eigenvalue weighted by Crippen LogP contribution is -2.17. The van der Waals surface area contributed by atoms with Crippen molar-refractivity contribution < 1.29 is 0 Å². The fourth-order valence-electron chi connectivity index (χ4n) is 7.15. The molecule has 0 N–H and O–H groups in total. The molecule has 0 fully saturated rings. The first kappa shape index (κ1) is 27.3. The van der Waals surface area contributed by atoms with Crippen molar-refractivity contribution in [3.8, 4) is 45.6 Å². The van der Waals surface area contributed by atoms with E-state index in [0.717, 1.165) is 45.2 Å². The minimum atomic E-state index is 0.0556. The maximum atomic E-state index is 5.16. The first-order valence-corrected chi connectivity index (χ1v) is 15.5. The van der Waals surface area contributed by atoms with E-state index in [1.165, 1.54) is 16.5 Å². The summed E-state index contributed by atoms with van der Waals surface area (Å²) in [6, 6.07) is 39.5. The Hall–Kier alpha value is -5.29. The molecule has 0 amide bonds. The van der Waals surface area contributed by atoms with Crippen molar-refractivity contribution >= 4 is 21.8 Å². The van der Waals surface area contributed by atoms with Crippen molar-refractivity contribution in [2.45, 2.75) is 44.9 Å². The molecule has 0 saturated heterocycles. The van der Waals surface area contributed by atoms with Crippen molar-refractivity contribution in [2.75, 3.05) is 0 Å². The van der Waals surface area contributed by atoms with Gasteiger partial charge in [-0.2, -0.15) is 0 Å². The zero-order chi connectivity index (χ0) is 30.8. The first-order valence-electron chi connectivity index (χ1n) is 15.5. The van der Waals surface area contributed by atoms with Crippen LogP contribution in [-0.2, 0) is 10.8 Å². The van der Waals surface area contributed by atoms with Crippen LogP contribution in [0.5, 0.6) is 0 Å². The van der Waals surface area contributed by atoms with Gasteiger partial charge in [0.05, 0.1) is 11.0 Å². The Morgan fingerprint density at radius 1 is 0.422 bits per heavy atom. The number of hydrogen-bond donors (Lipinski definition) is 0. The van der Waals surface area contributed by atoms with Gasteiger partial charge in [0.15, 0.2) is 17.5 Å². The topological polar surface area (TPSA) is 64.5 Å². The second kappa shape index (κ2) is 10.1. The Labute approximate surface area is 263 Å². The largest absolute Gasteiger partial charge is 0.244 e. The van der Waals surface area contributed by atoms with E-state index in [2.05, 4.69) is 88.4 Å². The van der Waals surface area contributed by atoms with E-state index in [1.807, 2.05) is 54.6 Å². The summed E-state index contributed by atoms with van der Waals surface area (Å²) < 4.78 is 0. The summed E-state index contributed by atoms with van der Waals surface area (Å²) in [5.41, 5.74) is 8.78. The van der Waals surface area contributed by atoms with Crippen LogP contribution < -0.4 is 0 Å². The molecule has 5 heteroatoms. The summed E-state index contributed by atoms with van der Waals surface area (Å²) >= 11 is 0. The van der Waals surface area contributed by atoms with Gasteiger partial charge in [0.1, 0.15) is 11.4 Å². The van der Waals surface area contributed by atoms with E-state index in [4.69, 9.17) is 24.9 Å². The van der Waals surface area contributed by atoms with Crippen LogP contribution >= 0.6 is 0 Å². The van der Waals surface area contributed by atoms with Crippen LogP contribution in [0.1, 0.15) is 45.2 Å². The summed E-state index contributed by atoms with van der Waals surface area (Å²) in [5.74, 6) is 1.73. The van der Waals surface area contributed by atoms with Crippen molar-refractivity contribution in [1.82, 2.24) is 24.9 Å². The maximum Gasteiger partial charge on any atom is 0.184 e. The third-order valence-electron chi connectivity index (χ3n) is 9.09. The smallest absolute Gasteiger partial charge is 0.184 e. The third-order valence-corrected chi connectivity index (χ3v) is 9.09. The van der Waals surface area contributed by atoms with Gasteiger partial charge in [-0.1, -0.05) is 119 Å². The predicted octanol–water partition coefficient (Wildman–Crippen LogP) is 9.59. The molecule has 0 radical (unpaired) electrons. The predicted molar refractivity (Wildman–Crippen MR) is 183 cm³/mol. The van der Waals surface area contributed by atoms with Gasteiger partial charge in [0.2, 0.25) is 0 Å². The lowest BCUT2D eigenvalue weighted by atomic mass is 9.82. The molecule has 5 aromatic carbocycles. The highest BCUT2D eigenvalue weighted by molar-refractivity contribution is 5.91. The molecule has 0 unspecified atom stereocenters. The zero-order valence-corrected chi connectivity index (χ0v) is 25.9. The molecule has 8 rings (SSSR count). The number of aromatic nitrogens is 5. The average Bonchev–Trinajstić information content (AvgIpc) is 3.26. The second-order valence-electron chi connectivity index (χ2n) is 13.3. The van der Waals surface area contributed by atoms with Gasteiger partial charge in [-0.3, -0.25) is 0 Å². The number of benzene rings is 5. The van der Waals surface area contributed by atoms with Gasteiger partial charge in [-0.05, 0) is 63.4 Å². The van der Waals surface area contributed by atoms with E-state index in [9.17, 15) is 0 Å². The lowest BCUT2D eigenvalue weighted by Gasteiger charge is -2.22. The summed E-state index contributed by atoms with van der Waals surface area (Å²) in [6.45, 7) is 9.33. The van der Waals surface area contributed by atoms with Gasteiger partial charge in [0, 0.05) is 16.7 Å². The van der Waals surface area contributed by atoms with Gasteiger partial charge in [-0.15, -0.1) is 0 Å². The quantitative estimate of drug-likeness (QED) is 0.206. The summed E-state index contributed by atoms with van der Waals surface area (Å²) in [4.78, 5) is 25.5. The molecule has 45 heavy (non-hydrogen) atoms. The summed E-state index contributed by atoms with van der Waals surface area (Å²) in [7, 11) is 0. The molecule has 0 atom stereocenters. The Bertz CT molecular complexity index is 2250. The number of fused-ring (bicyclic) bond motifs is 3. The van der Waals surface area contributed by atoms with Crippen LogP contribution in [0.15, 0.2) is 115 Å². The van der Waals surface area contributed by atoms with E-state index < -0.39 is 0 Å². The molecule has 218 valence electrons. The minimum Gasteiger partial charge on any atom is -0.244 e. The van der Waals surface area contributed by atoms with Crippen LogP contribution in [0, 0.1) is 0 Å². The maximum absolute atomic E-state index is 5.16. The molecule has 1 aliphatic carbocycles. The van der Waals surface area contributed by atoms with E-state index >= 15 is 0 Å². The van der Waals surface area contributed by atoms with E-state index in [0.29, 0.717) is 23.2 Å². The fraction of sp³-hybridized carbons (Fsp3) is 0.175. The Kier molecular flexibility index (Phi) is 6.14. The zero-order valence-electron chi connectivity index (χ0n) is 25.9. The third kappa shape index (κ3) is 4.76. The lowest BCUT2D eigenvalue weighted by molar-refractivity contribution is 0.403. The van der Waals surface area contributed by atoms with Crippen LogP contribution in [0.25, 0.3) is 67.4 Å². The molecule has 0 bridgehead atoms. The van der Waals surface area contributed by atoms with Crippen molar-refractivity contribution in [1.29, 1.82) is 0 Å². The van der Waals surface area contributed by atoms with E-state index in [1.54, 1.807) is 0 Å². The van der Waals surface area contributed by atoms with Crippen LogP contribution in [0.2, 0.25) is 0 Å². The average molecular weight is 584 g/mol. The summed E-state index contributed by atoms with van der Waals surface area (Å²) in [6.07, 6.45) is 1.10. The van der Waals surface area contributed by atoms with E-state index in [-0.39, 0.29) is 10.8 Å². The first-order chi connectivity index (χ1) is 21.7. The van der Waals surface area contributed by atoms with Crippen molar-refractivity contribution in [2.24, 2.45) is 0 Å². The summed E-state index contributed by atoms with van der Waals surface area (Å²) in [5, 5.41) is 2.31. The molecule has 0 aliphatic heterocycles. The molecule has 2 aromatic heterocycles. The normalized spacial score (nSPS) is 14.9. The van der Waals surface area contributed by atoms with Crippen molar-refractivity contribution in [3.63, 3.8) is 0 Å². The van der Waals surface area contributed by atoms with Gasteiger partial charge >= 0.3 is 0 Å². The van der Waals surface area contributed by atoms with Gasteiger partial charge in [-0.25, -0.2) is 24.9 Å². The molecule has 5 nitrogen and oxygen atoms in total. The Morgan fingerprint density at radius 3 is 1.76 bits per heavy atom.